The summed E-state index contributed by atoms with van der Waals surface area (Å²) in [6, 6.07) is 10.6. The number of nitrogens with one attached hydrogen (secondary N) is 2. The first-order valence-corrected chi connectivity index (χ1v) is 7.99. The van der Waals surface area contributed by atoms with Crippen molar-refractivity contribution >= 4 is 27.6 Å². The molecule has 0 saturated carbocycles. The van der Waals surface area contributed by atoms with Crippen LogP contribution in [0.5, 0.6) is 0 Å². The Kier molecular flexibility index (Phi) is 3.81. The van der Waals surface area contributed by atoms with Crippen molar-refractivity contribution in [3.8, 4) is 0 Å². The standard InChI is InChI=1S/C19H10F6N2O/c20-18(21,22)13-9-5-1-3-7-11(9)26-15(13)17(28)16-14(19(23,24)25)10-6-2-4-8-12(10)27-16/h1-8,26-27H. The van der Waals surface area contributed by atoms with Crippen LogP contribution in [0, 0.1) is 0 Å². The van der Waals surface area contributed by atoms with Crippen LogP contribution in [0.2, 0.25) is 0 Å². The van der Waals surface area contributed by atoms with E-state index >= 15 is 0 Å². The lowest BCUT2D eigenvalue weighted by molar-refractivity contribution is -0.136. The fourth-order valence-electron chi connectivity index (χ4n) is 3.34. The number of rotatable bonds is 2. The Morgan fingerprint density at radius 3 is 1.36 bits per heavy atom. The topological polar surface area (TPSA) is 48.6 Å². The molecule has 28 heavy (non-hydrogen) atoms. The summed E-state index contributed by atoms with van der Waals surface area (Å²) in [5, 5.41) is -0.578. The maximum atomic E-state index is 13.6. The van der Waals surface area contributed by atoms with Gasteiger partial charge < -0.3 is 9.97 Å². The highest BCUT2D eigenvalue weighted by atomic mass is 19.4. The number of hydrogen-bond acceptors (Lipinski definition) is 1. The monoisotopic (exact) mass is 396 g/mol. The summed E-state index contributed by atoms with van der Waals surface area (Å²) in [5.41, 5.74) is -4.46. The van der Waals surface area contributed by atoms with Crippen LogP contribution < -0.4 is 0 Å². The number of benzene rings is 2. The van der Waals surface area contributed by atoms with E-state index in [4.69, 9.17) is 0 Å². The minimum atomic E-state index is -4.94. The number of H-pyrrole nitrogens is 2. The largest absolute Gasteiger partial charge is 0.419 e. The molecule has 4 rings (SSSR count). The van der Waals surface area contributed by atoms with E-state index in [2.05, 4.69) is 9.97 Å². The van der Waals surface area contributed by atoms with E-state index in [1.54, 1.807) is 0 Å². The summed E-state index contributed by atoms with van der Waals surface area (Å²) < 4.78 is 81.7. The second kappa shape index (κ2) is 5.88. The van der Waals surface area contributed by atoms with Crippen LogP contribution in [-0.4, -0.2) is 15.8 Å². The molecule has 144 valence electrons. The van der Waals surface area contributed by atoms with Gasteiger partial charge in [-0.3, -0.25) is 4.79 Å². The Hall–Kier alpha value is -3.23. The third-order valence-electron chi connectivity index (χ3n) is 4.43. The lowest BCUT2D eigenvalue weighted by atomic mass is 10.0. The molecule has 2 N–H and O–H groups in total. The van der Waals surface area contributed by atoms with Gasteiger partial charge in [-0.25, -0.2) is 0 Å². The third kappa shape index (κ3) is 2.74. The van der Waals surface area contributed by atoms with Crippen LogP contribution in [0.15, 0.2) is 48.5 Å². The molecule has 0 aliphatic heterocycles. The smallest absolute Gasteiger partial charge is 0.351 e. The number of aromatic nitrogens is 2. The first kappa shape index (κ1) is 18.1. The molecular formula is C19H10F6N2O. The van der Waals surface area contributed by atoms with Crippen LogP contribution in [0.3, 0.4) is 0 Å². The van der Waals surface area contributed by atoms with Gasteiger partial charge in [0.2, 0.25) is 5.78 Å². The Bertz CT molecular complexity index is 1120. The van der Waals surface area contributed by atoms with Gasteiger partial charge in [0.05, 0.1) is 11.1 Å². The summed E-state index contributed by atoms with van der Waals surface area (Å²) in [7, 11) is 0. The number of ketones is 1. The molecule has 0 amide bonds. The van der Waals surface area contributed by atoms with Crippen molar-refractivity contribution in [1.82, 2.24) is 9.97 Å². The molecule has 0 aliphatic carbocycles. The maximum absolute atomic E-state index is 13.6. The molecule has 0 unspecified atom stereocenters. The van der Waals surface area contributed by atoms with Crippen molar-refractivity contribution < 1.29 is 31.1 Å². The highest BCUT2D eigenvalue weighted by molar-refractivity contribution is 6.14. The zero-order valence-corrected chi connectivity index (χ0v) is 13.8. The molecule has 2 heterocycles. The fraction of sp³-hybridized carbons (Fsp3) is 0.105. The normalized spacial score (nSPS) is 12.8. The van der Waals surface area contributed by atoms with Crippen molar-refractivity contribution in [3.05, 3.63) is 71.0 Å². The molecule has 4 aromatic rings. The predicted octanol–water partition coefficient (Wildman–Crippen LogP) is 5.92. The summed E-state index contributed by atoms with van der Waals surface area (Å²) in [5.74, 6) is -1.41. The molecule has 0 fully saturated rings. The van der Waals surface area contributed by atoms with Gasteiger partial charge in [0, 0.05) is 21.8 Å². The van der Waals surface area contributed by atoms with E-state index in [9.17, 15) is 31.1 Å². The Balaban J connectivity index is 2.02. The first-order chi connectivity index (χ1) is 13.1. The quantitative estimate of drug-likeness (QED) is 0.321. The van der Waals surface area contributed by atoms with Crippen molar-refractivity contribution in [2.45, 2.75) is 12.4 Å². The van der Waals surface area contributed by atoms with Crippen LogP contribution in [0.1, 0.15) is 27.3 Å². The fourth-order valence-corrected chi connectivity index (χ4v) is 3.34. The Morgan fingerprint density at radius 2 is 1.00 bits per heavy atom. The van der Waals surface area contributed by atoms with E-state index < -0.39 is 40.7 Å². The molecular weight excluding hydrogens is 386 g/mol. The van der Waals surface area contributed by atoms with E-state index in [0.29, 0.717) is 0 Å². The molecule has 2 aromatic heterocycles. The number of aromatic amines is 2. The Morgan fingerprint density at radius 1 is 0.643 bits per heavy atom. The zero-order chi connectivity index (χ0) is 20.3. The van der Waals surface area contributed by atoms with Gasteiger partial charge >= 0.3 is 12.4 Å². The van der Waals surface area contributed by atoms with Gasteiger partial charge in [0.25, 0.3) is 0 Å². The van der Waals surface area contributed by atoms with Crippen molar-refractivity contribution in [1.29, 1.82) is 0 Å². The number of alkyl halides is 6. The highest BCUT2D eigenvalue weighted by Crippen LogP contribution is 2.42. The van der Waals surface area contributed by atoms with Crippen LogP contribution in [-0.2, 0) is 12.4 Å². The summed E-state index contributed by atoms with van der Waals surface area (Å²) in [6.07, 6.45) is -9.87. The first-order valence-electron chi connectivity index (χ1n) is 7.99. The Labute approximate surface area is 153 Å². The average molecular weight is 396 g/mol. The molecule has 0 atom stereocenters. The van der Waals surface area contributed by atoms with Gasteiger partial charge in [-0.2, -0.15) is 26.3 Å². The van der Waals surface area contributed by atoms with E-state index in [-0.39, 0.29) is 21.8 Å². The number of carbonyl (C=O) groups excluding carboxylic acids is 1. The van der Waals surface area contributed by atoms with Crippen molar-refractivity contribution in [2.24, 2.45) is 0 Å². The zero-order valence-electron chi connectivity index (χ0n) is 13.8. The van der Waals surface area contributed by atoms with Crippen LogP contribution in [0.25, 0.3) is 21.8 Å². The molecule has 9 heteroatoms. The van der Waals surface area contributed by atoms with Crippen molar-refractivity contribution in [2.75, 3.05) is 0 Å². The second-order valence-electron chi connectivity index (χ2n) is 6.17. The lowest BCUT2D eigenvalue weighted by Crippen LogP contribution is -2.17. The van der Waals surface area contributed by atoms with Crippen molar-refractivity contribution in [3.63, 3.8) is 0 Å². The summed E-state index contributed by atoms with van der Waals surface area (Å²) in [6.45, 7) is 0. The number of carbonyl (C=O) groups is 1. The second-order valence-corrected chi connectivity index (χ2v) is 6.17. The van der Waals surface area contributed by atoms with E-state index in [1.807, 2.05) is 0 Å². The molecule has 0 saturated heterocycles. The molecule has 2 aromatic carbocycles. The van der Waals surface area contributed by atoms with E-state index in [1.165, 1.54) is 36.4 Å². The van der Waals surface area contributed by atoms with Gasteiger partial charge in [0.1, 0.15) is 11.4 Å². The number of fused-ring (bicyclic) bond motifs is 2. The minimum absolute atomic E-state index is 0.00263. The number of halogens is 6. The molecule has 0 aliphatic rings. The SMILES string of the molecule is O=C(c1[nH]c2ccccc2c1C(F)(F)F)c1[nH]c2ccccc2c1C(F)(F)F. The minimum Gasteiger partial charge on any atom is -0.351 e. The third-order valence-corrected chi connectivity index (χ3v) is 4.43. The van der Waals surface area contributed by atoms with Gasteiger partial charge in [-0.05, 0) is 12.1 Å². The summed E-state index contributed by atoms with van der Waals surface area (Å²) in [4.78, 5) is 17.5. The lowest BCUT2D eigenvalue weighted by Gasteiger charge is -2.10. The highest BCUT2D eigenvalue weighted by Gasteiger charge is 2.43. The van der Waals surface area contributed by atoms with Crippen LogP contribution >= 0.6 is 0 Å². The summed E-state index contributed by atoms with van der Waals surface area (Å²) >= 11 is 0. The van der Waals surface area contributed by atoms with Gasteiger partial charge in [0.15, 0.2) is 0 Å². The van der Waals surface area contributed by atoms with E-state index in [0.717, 1.165) is 12.1 Å². The molecule has 0 radical (unpaired) electrons. The predicted molar refractivity (Wildman–Crippen MR) is 90.0 cm³/mol. The molecule has 3 nitrogen and oxygen atoms in total. The average Bonchev–Trinajstić information content (AvgIpc) is 3.19. The van der Waals surface area contributed by atoms with Gasteiger partial charge in [-0.1, -0.05) is 36.4 Å². The van der Waals surface area contributed by atoms with Crippen LogP contribution in [0.4, 0.5) is 26.3 Å². The maximum Gasteiger partial charge on any atom is 0.419 e. The number of hydrogen-bond donors (Lipinski definition) is 2. The van der Waals surface area contributed by atoms with Gasteiger partial charge in [-0.15, -0.1) is 0 Å². The number of para-hydroxylation sites is 2. The molecule has 0 bridgehead atoms. The molecule has 0 spiro atoms.